The van der Waals surface area contributed by atoms with Gasteiger partial charge >= 0.3 is 0 Å². The Hall–Kier alpha value is -4.25. The minimum Gasteiger partial charge on any atom is -0.265 e. The molecule has 194 valence electrons. The van der Waals surface area contributed by atoms with E-state index >= 15 is 0 Å². The maximum atomic E-state index is 4.87. The van der Waals surface area contributed by atoms with Crippen molar-refractivity contribution in [2.24, 2.45) is 5.41 Å². The smallest absolute Gasteiger partial charge is 0.165 e. The summed E-state index contributed by atoms with van der Waals surface area (Å²) in [4.78, 5) is 23.4. The van der Waals surface area contributed by atoms with Crippen molar-refractivity contribution in [2.75, 3.05) is 0 Å². The third kappa shape index (κ3) is 3.95. The van der Waals surface area contributed by atoms with Gasteiger partial charge in [-0.3, -0.25) is 9.97 Å². The molecule has 0 saturated carbocycles. The molecule has 0 bridgehead atoms. The molecule has 39 heavy (non-hydrogen) atoms. The average molecular weight is 512 g/mol. The molecular formula is C34H33N5. The van der Waals surface area contributed by atoms with E-state index in [1.807, 2.05) is 48.7 Å². The average Bonchev–Trinajstić information content (AvgIpc) is 3.07. The Labute approximate surface area is 230 Å². The fraction of sp³-hybridized carbons (Fsp3) is 0.265. The predicted octanol–water partition coefficient (Wildman–Crippen LogP) is 7.92. The molecule has 1 aliphatic carbocycles. The van der Waals surface area contributed by atoms with Gasteiger partial charge in [-0.05, 0) is 57.7 Å². The van der Waals surface area contributed by atoms with Gasteiger partial charge in [0.1, 0.15) is 0 Å². The lowest BCUT2D eigenvalue weighted by atomic mass is 9.59. The van der Waals surface area contributed by atoms with Gasteiger partial charge in [-0.15, -0.1) is 0 Å². The molecule has 0 aliphatic heterocycles. The molecule has 6 rings (SSSR count). The van der Waals surface area contributed by atoms with Crippen LogP contribution in [0.1, 0.15) is 52.7 Å². The van der Waals surface area contributed by atoms with Crippen LogP contribution in [-0.4, -0.2) is 24.9 Å². The fourth-order valence-corrected chi connectivity index (χ4v) is 5.77. The van der Waals surface area contributed by atoms with Crippen LogP contribution < -0.4 is 0 Å². The number of fused-ring (bicyclic) bond motifs is 1. The Morgan fingerprint density at radius 1 is 0.513 bits per heavy atom. The topological polar surface area (TPSA) is 64.5 Å². The van der Waals surface area contributed by atoms with Crippen LogP contribution in [0.25, 0.3) is 45.4 Å². The Morgan fingerprint density at radius 2 is 1.08 bits per heavy atom. The van der Waals surface area contributed by atoms with Crippen molar-refractivity contribution in [1.82, 2.24) is 24.9 Å². The second kappa shape index (κ2) is 8.91. The van der Waals surface area contributed by atoms with Crippen molar-refractivity contribution in [1.29, 1.82) is 0 Å². The van der Waals surface area contributed by atoms with E-state index in [1.54, 1.807) is 12.4 Å². The number of rotatable bonds is 4. The molecule has 0 amide bonds. The van der Waals surface area contributed by atoms with Gasteiger partial charge in [-0.25, -0.2) is 15.0 Å². The molecule has 0 unspecified atom stereocenters. The SMILES string of the molecule is CC1(C)c2ccc(-c3ccc(-c4nc(-c5ccccc5)nc(-c5ccncc5)n4)cn3)cc2C(C)(C)C1(C)C. The Bertz CT molecular complexity index is 1600. The van der Waals surface area contributed by atoms with Gasteiger partial charge < -0.3 is 0 Å². The van der Waals surface area contributed by atoms with E-state index in [4.69, 9.17) is 19.9 Å². The molecule has 0 radical (unpaired) electrons. The number of hydrogen-bond acceptors (Lipinski definition) is 5. The first kappa shape index (κ1) is 25.1. The number of hydrogen-bond donors (Lipinski definition) is 0. The molecule has 0 atom stereocenters. The highest BCUT2D eigenvalue weighted by Gasteiger charge is 2.56. The first-order valence-electron chi connectivity index (χ1n) is 13.4. The predicted molar refractivity (Wildman–Crippen MR) is 157 cm³/mol. The molecule has 0 N–H and O–H groups in total. The van der Waals surface area contributed by atoms with Crippen LogP contribution in [0.15, 0.2) is 91.4 Å². The highest BCUT2D eigenvalue weighted by atomic mass is 15.0. The van der Waals surface area contributed by atoms with Crippen LogP contribution in [0.3, 0.4) is 0 Å². The summed E-state index contributed by atoms with van der Waals surface area (Å²) in [7, 11) is 0. The van der Waals surface area contributed by atoms with Gasteiger partial charge in [0, 0.05) is 40.8 Å². The highest BCUT2D eigenvalue weighted by molar-refractivity contribution is 5.69. The van der Waals surface area contributed by atoms with Gasteiger partial charge in [0.15, 0.2) is 17.5 Å². The van der Waals surface area contributed by atoms with Crippen molar-refractivity contribution >= 4 is 0 Å². The summed E-state index contributed by atoms with van der Waals surface area (Å²) in [6, 6.07) is 24.8. The summed E-state index contributed by atoms with van der Waals surface area (Å²) in [6.45, 7) is 14.2. The molecule has 5 aromatic rings. The van der Waals surface area contributed by atoms with Crippen molar-refractivity contribution in [2.45, 2.75) is 52.4 Å². The first-order valence-corrected chi connectivity index (χ1v) is 13.4. The maximum Gasteiger partial charge on any atom is 0.165 e. The zero-order valence-corrected chi connectivity index (χ0v) is 23.4. The normalized spacial score (nSPS) is 16.6. The lowest BCUT2D eigenvalue weighted by molar-refractivity contribution is 0.125. The third-order valence-corrected chi connectivity index (χ3v) is 9.41. The van der Waals surface area contributed by atoms with Crippen molar-refractivity contribution in [3.63, 3.8) is 0 Å². The largest absolute Gasteiger partial charge is 0.265 e. The third-order valence-electron chi connectivity index (χ3n) is 9.41. The van der Waals surface area contributed by atoms with Crippen molar-refractivity contribution in [3.8, 4) is 45.4 Å². The van der Waals surface area contributed by atoms with E-state index in [1.165, 1.54) is 11.1 Å². The van der Waals surface area contributed by atoms with Crippen LogP contribution in [0, 0.1) is 5.41 Å². The lowest BCUT2D eigenvalue weighted by Crippen LogP contribution is -2.42. The van der Waals surface area contributed by atoms with Gasteiger partial charge in [0.2, 0.25) is 0 Å². The van der Waals surface area contributed by atoms with Crippen LogP contribution in [0.2, 0.25) is 0 Å². The van der Waals surface area contributed by atoms with E-state index < -0.39 is 0 Å². The molecule has 5 heteroatoms. The van der Waals surface area contributed by atoms with E-state index in [9.17, 15) is 0 Å². The first-order chi connectivity index (χ1) is 18.6. The molecule has 0 fully saturated rings. The van der Waals surface area contributed by atoms with Gasteiger partial charge in [0.05, 0.1) is 5.69 Å². The van der Waals surface area contributed by atoms with Gasteiger partial charge in [0.25, 0.3) is 0 Å². The van der Waals surface area contributed by atoms with Gasteiger partial charge in [-0.1, -0.05) is 84.0 Å². The summed E-state index contributed by atoms with van der Waals surface area (Å²) in [5, 5.41) is 0. The molecule has 0 spiro atoms. The maximum absolute atomic E-state index is 4.87. The molecule has 3 heterocycles. The lowest BCUT2D eigenvalue weighted by Gasteiger charge is -2.44. The second-order valence-electron chi connectivity index (χ2n) is 12.0. The second-order valence-corrected chi connectivity index (χ2v) is 12.0. The molecular weight excluding hydrogens is 478 g/mol. The Morgan fingerprint density at radius 3 is 1.69 bits per heavy atom. The molecule has 0 saturated heterocycles. The summed E-state index contributed by atoms with van der Waals surface area (Å²) >= 11 is 0. The molecule has 5 nitrogen and oxygen atoms in total. The number of nitrogens with zero attached hydrogens (tertiary/aromatic N) is 5. The molecule has 3 aromatic heterocycles. The molecule has 2 aromatic carbocycles. The summed E-state index contributed by atoms with van der Waals surface area (Å²) in [6.07, 6.45) is 5.36. The summed E-state index contributed by atoms with van der Waals surface area (Å²) < 4.78 is 0. The van der Waals surface area contributed by atoms with Gasteiger partial charge in [-0.2, -0.15) is 0 Å². The summed E-state index contributed by atoms with van der Waals surface area (Å²) in [5.74, 6) is 1.83. The van der Waals surface area contributed by atoms with Crippen molar-refractivity contribution < 1.29 is 0 Å². The Kier molecular flexibility index (Phi) is 5.72. The van der Waals surface area contributed by atoms with Crippen LogP contribution >= 0.6 is 0 Å². The summed E-state index contributed by atoms with van der Waals surface area (Å²) in [5.41, 5.74) is 7.83. The Balaban J connectivity index is 1.40. The minimum absolute atomic E-state index is 0.0455. The zero-order chi connectivity index (χ0) is 27.4. The van der Waals surface area contributed by atoms with Crippen LogP contribution in [-0.2, 0) is 10.8 Å². The highest BCUT2D eigenvalue weighted by Crippen LogP contribution is 2.61. The van der Waals surface area contributed by atoms with E-state index in [2.05, 4.69) is 76.9 Å². The van der Waals surface area contributed by atoms with E-state index in [-0.39, 0.29) is 16.2 Å². The van der Waals surface area contributed by atoms with Crippen molar-refractivity contribution in [3.05, 3.63) is 103 Å². The number of benzene rings is 2. The fourth-order valence-electron chi connectivity index (χ4n) is 5.77. The van der Waals surface area contributed by atoms with E-state index in [0.717, 1.165) is 27.9 Å². The number of pyridine rings is 2. The van der Waals surface area contributed by atoms with Crippen LogP contribution in [0.5, 0.6) is 0 Å². The standard InChI is InChI=1S/C34H33N5/c1-32(2)26-14-12-24(20-27(26)33(3,4)34(32,5)6)28-15-13-25(21-36-28)31-38-29(22-10-8-7-9-11-22)37-30(39-31)23-16-18-35-19-17-23/h7-21H,1-6H3. The minimum atomic E-state index is 0.0455. The van der Waals surface area contributed by atoms with E-state index in [0.29, 0.717) is 17.5 Å². The van der Waals surface area contributed by atoms with Crippen LogP contribution in [0.4, 0.5) is 0 Å². The number of aromatic nitrogens is 5. The molecule has 1 aliphatic rings. The quantitative estimate of drug-likeness (QED) is 0.245. The monoisotopic (exact) mass is 511 g/mol. The zero-order valence-electron chi connectivity index (χ0n) is 23.4.